The van der Waals surface area contributed by atoms with Gasteiger partial charge in [-0.25, -0.2) is 4.98 Å². The summed E-state index contributed by atoms with van der Waals surface area (Å²) in [6.45, 7) is 0.856. The van der Waals surface area contributed by atoms with Gasteiger partial charge in [-0.15, -0.1) is 0 Å². The Morgan fingerprint density at radius 1 is 1.80 bits per heavy atom. The lowest BCUT2D eigenvalue weighted by atomic mass is 10.5. The van der Waals surface area contributed by atoms with E-state index in [1.165, 1.54) is 5.69 Å². The van der Waals surface area contributed by atoms with E-state index in [0.29, 0.717) is 0 Å². The van der Waals surface area contributed by atoms with E-state index in [0.717, 1.165) is 11.3 Å². The van der Waals surface area contributed by atoms with Crippen LogP contribution in [0.25, 0.3) is 0 Å². The quantitative estimate of drug-likeness (QED) is 0.775. The van der Waals surface area contributed by atoms with Gasteiger partial charge in [0, 0.05) is 13.6 Å². The molecule has 0 aliphatic heterocycles. The Morgan fingerprint density at radius 3 is 2.90 bits per heavy atom. The number of nitrogens with one attached hydrogen (secondary N) is 1. The van der Waals surface area contributed by atoms with Gasteiger partial charge in [-0.05, 0) is 23.0 Å². The van der Waals surface area contributed by atoms with Crippen molar-refractivity contribution < 1.29 is 0 Å². The molecule has 1 rings (SSSR count). The lowest BCUT2D eigenvalue weighted by Gasteiger charge is -1.99. The summed E-state index contributed by atoms with van der Waals surface area (Å²) >= 11 is 3.31. The van der Waals surface area contributed by atoms with Crippen LogP contribution in [0.1, 0.15) is 5.69 Å². The molecule has 1 heterocycles. The minimum atomic E-state index is 0.856. The molecule has 0 fully saturated rings. The van der Waals surface area contributed by atoms with Gasteiger partial charge in [0.25, 0.3) is 0 Å². The molecule has 4 heteroatoms. The molecule has 1 N–H and O–H groups in total. The summed E-state index contributed by atoms with van der Waals surface area (Å²) in [7, 11) is 3.89. The van der Waals surface area contributed by atoms with Crippen molar-refractivity contribution in [2.75, 3.05) is 7.05 Å². The van der Waals surface area contributed by atoms with Crippen molar-refractivity contribution in [2.24, 2.45) is 7.05 Å². The van der Waals surface area contributed by atoms with Crippen LogP contribution in [0.5, 0.6) is 0 Å². The third-order valence-corrected chi connectivity index (χ3v) is 2.12. The van der Waals surface area contributed by atoms with E-state index >= 15 is 0 Å². The van der Waals surface area contributed by atoms with Crippen LogP contribution in [0.4, 0.5) is 0 Å². The highest BCUT2D eigenvalue weighted by Gasteiger charge is 2.00. The lowest BCUT2D eigenvalue weighted by Crippen LogP contribution is -2.08. The predicted molar refractivity (Wildman–Crippen MR) is 43.7 cm³/mol. The fourth-order valence-corrected chi connectivity index (χ4v) is 1.09. The Kier molecular flexibility index (Phi) is 2.45. The maximum atomic E-state index is 4.07. The van der Waals surface area contributed by atoms with Crippen LogP contribution in [0.2, 0.25) is 0 Å². The molecular weight excluding hydrogens is 194 g/mol. The molecule has 0 spiro atoms. The van der Waals surface area contributed by atoms with Crippen molar-refractivity contribution >= 4 is 15.9 Å². The van der Waals surface area contributed by atoms with Crippen LogP contribution >= 0.6 is 15.9 Å². The highest BCUT2D eigenvalue weighted by molar-refractivity contribution is 9.10. The van der Waals surface area contributed by atoms with E-state index in [1.54, 1.807) is 0 Å². The van der Waals surface area contributed by atoms with E-state index in [2.05, 4.69) is 26.2 Å². The van der Waals surface area contributed by atoms with Crippen molar-refractivity contribution in [1.82, 2.24) is 14.9 Å². The van der Waals surface area contributed by atoms with Crippen molar-refractivity contribution in [1.29, 1.82) is 0 Å². The highest BCUT2D eigenvalue weighted by atomic mass is 79.9. The van der Waals surface area contributed by atoms with Crippen LogP contribution in [-0.4, -0.2) is 16.6 Å². The van der Waals surface area contributed by atoms with E-state index in [-0.39, 0.29) is 0 Å². The van der Waals surface area contributed by atoms with Gasteiger partial charge in [-0.2, -0.15) is 0 Å². The number of hydrogen-bond donors (Lipinski definition) is 1. The standard InChI is InChI=1S/C6H10BrN3/c1-8-3-5-4-9-6(7)10(5)2/h4,8H,3H2,1-2H3. The zero-order valence-electron chi connectivity index (χ0n) is 6.06. The highest BCUT2D eigenvalue weighted by Crippen LogP contribution is 2.08. The molecule has 0 saturated carbocycles. The molecule has 0 atom stereocenters. The number of nitrogens with zero attached hydrogens (tertiary/aromatic N) is 2. The van der Waals surface area contributed by atoms with Crippen LogP contribution in [-0.2, 0) is 13.6 Å². The second-order valence-electron chi connectivity index (χ2n) is 2.11. The molecule has 0 bridgehead atoms. The Balaban J connectivity index is 2.83. The number of rotatable bonds is 2. The average Bonchev–Trinajstić information content (AvgIpc) is 2.20. The van der Waals surface area contributed by atoms with Gasteiger partial charge in [0.15, 0.2) is 4.73 Å². The van der Waals surface area contributed by atoms with Crippen LogP contribution in [0.15, 0.2) is 10.9 Å². The summed E-state index contributed by atoms with van der Waals surface area (Å²) in [5.74, 6) is 0. The predicted octanol–water partition coefficient (Wildman–Crippen LogP) is 0.902. The smallest absolute Gasteiger partial charge is 0.177 e. The summed E-state index contributed by atoms with van der Waals surface area (Å²) in [6, 6.07) is 0. The third kappa shape index (κ3) is 1.38. The van der Waals surface area contributed by atoms with Gasteiger partial charge in [0.05, 0.1) is 11.9 Å². The molecule has 1 aromatic heterocycles. The molecule has 3 nitrogen and oxygen atoms in total. The fourth-order valence-electron chi connectivity index (χ4n) is 0.765. The maximum Gasteiger partial charge on any atom is 0.177 e. The molecule has 56 valence electrons. The summed E-state index contributed by atoms with van der Waals surface area (Å²) in [6.07, 6.45) is 1.85. The first-order chi connectivity index (χ1) is 4.75. The topological polar surface area (TPSA) is 29.9 Å². The van der Waals surface area contributed by atoms with E-state index in [1.807, 2.05) is 24.9 Å². The monoisotopic (exact) mass is 203 g/mol. The van der Waals surface area contributed by atoms with Crippen LogP contribution in [0, 0.1) is 0 Å². The molecule has 1 aromatic rings. The minimum Gasteiger partial charge on any atom is -0.325 e. The molecule has 10 heavy (non-hydrogen) atoms. The first kappa shape index (κ1) is 7.75. The Labute approximate surface area is 68.6 Å². The van der Waals surface area contributed by atoms with Gasteiger partial charge in [0.1, 0.15) is 0 Å². The molecular formula is C6H10BrN3. The SMILES string of the molecule is CNCc1cnc(Br)n1C. The summed E-state index contributed by atoms with van der Waals surface area (Å²) in [4.78, 5) is 4.07. The number of imidazole rings is 1. The van der Waals surface area contributed by atoms with E-state index in [4.69, 9.17) is 0 Å². The second kappa shape index (κ2) is 3.16. The fraction of sp³-hybridized carbons (Fsp3) is 0.500. The first-order valence-electron chi connectivity index (χ1n) is 3.06. The van der Waals surface area contributed by atoms with Gasteiger partial charge in [-0.1, -0.05) is 0 Å². The number of aromatic nitrogens is 2. The molecule has 0 aromatic carbocycles. The zero-order valence-corrected chi connectivity index (χ0v) is 7.64. The normalized spacial score (nSPS) is 10.3. The van der Waals surface area contributed by atoms with E-state index in [9.17, 15) is 0 Å². The molecule has 0 unspecified atom stereocenters. The zero-order chi connectivity index (χ0) is 7.56. The molecule has 0 saturated heterocycles. The Hall–Kier alpha value is -0.350. The van der Waals surface area contributed by atoms with Crippen molar-refractivity contribution in [3.05, 3.63) is 16.6 Å². The van der Waals surface area contributed by atoms with Crippen molar-refractivity contribution in [3.63, 3.8) is 0 Å². The Morgan fingerprint density at radius 2 is 2.50 bits per heavy atom. The minimum absolute atomic E-state index is 0.856. The van der Waals surface area contributed by atoms with Gasteiger partial charge in [-0.3, -0.25) is 0 Å². The first-order valence-corrected chi connectivity index (χ1v) is 3.85. The number of hydrogen-bond acceptors (Lipinski definition) is 2. The summed E-state index contributed by atoms with van der Waals surface area (Å²) in [5.41, 5.74) is 1.18. The lowest BCUT2D eigenvalue weighted by molar-refractivity contribution is 0.725. The second-order valence-corrected chi connectivity index (χ2v) is 2.82. The van der Waals surface area contributed by atoms with Crippen LogP contribution < -0.4 is 5.32 Å². The summed E-state index contributed by atoms with van der Waals surface area (Å²) in [5, 5.41) is 3.06. The molecule has 0 amide bonds. The van der Waals surface area contributed by atoms with Gasteiger partial charge in [0.2, 0.25) is 0 Å². The molecule has 0 aliphatic carbocycles. The van der Waals surface area contributed by atoms with Gasteiger partial charge < -0.3 is 9.88 Å². The van der Waals surface area contributed by atoms with Crippen molar-refractivity contribution in [2.45, 2.75) is 6.54 Å². The average molecular weight is 204 g/mol. The maximum absolute atomic E-state index is 4.07. The van der Waals surface area contributed by atoms with Crippen molar-refractivity contribution in [3.8, 4) is 0 Å². The number of halogens is 1. The Bertz CT molecular complexity index is 219. The van der Waals surface area contributed by atoms with Crippen LogP contribution in [0.3, 0.4) is 0 Å². The van der Waals surface area contributed by atoms with E-state index < -0.39 is 0 Å². The molecule has 0 radical (unpaired) electrons. The third-order valence-electron chi connectivity index (χ3n) is 1.39. The summed E-state index contributed by atoms with van der Waals surface area (Å²) < 4.78 is 2.87. The largest absolute Gasteiger partial charge is 0.325 e. The molecule has 0 aliphatic rings. The van der Waals surface area contributed by atoms with Gasteiger partial charge >= 0.3 is 0 Å².